The van der Waals surface area contributed by atoms with Crippen LogP contribution in [-0.2, 0) is 20.9 Å². The minimum Gasteiger partial charge on any atom is -0.493 e. The molecule has 0 atom stereocenters. The van der Waals surface area contributed by atoms with Crippen LogP contribution in [0.3, 0.4) is 0 Å². The Kier molecular flexibility index (Phi) is 6.17. The minimum absolute atomic E-state index is 0.134. The highest BCUT2D eigenvalue weighted by Crippen LogP contribution is 2.14. The second-order valence-corrected chi connectivity index (χ2v) is 4.76. The van der Waals surface area contributed by atoms with E-state index in [0.29, 0.717) is 11.3 Å². The zero-order valence-electron chi connectivity index (χ0n) is 12.9. The smallest absolute Gasteiger partial charge is 0.337 e. The Morgan fingerprint density at radius 2 is 1.78 bits per heavy atom. The molecule has 2 aromatic carbocycles. The maximum absolute atomic E-state index is 11.7. The summed E-state index contributed by atoms with van der Waals surface area (Å²) in [6, 6.07) is 16.1. The quantitative estimate of drug-likeness (QED) is 0.735. The molecule has 0 aliphatic heterocycles. The Labute approximate surface area is 134 Å². The van der Waals surface area contributed by atoms with Crippen LogP contribution in [0, 0.1) is 0 Å². The molecule has 0 saturated carbocycles. The van der Waals surface area contributed by atoms with Gasteiger partial charge in [-0.05, 0) is 23.8 Å². The van der Waals surface area contributed by atoms with Crippen LogP contribution < -0.4 is 4.74 Å². The van der Waals surface area contributed by atoms with Gasteiger partial charge in [-0.1, -0.05) is 36.4 Å². The Bertz CT molecular complexity index is 651. The predicted molar refractivity (Wildman–Crippen MR) is 84.1 cm³/mol. The summed E-state index contributed by atoms with van der Waals surface area (Å²) in [5.74, 6) is -0.264. The van der Waals surface area contributed by atoms with Gasteiger partial charge in [-0.15, -0.1) is 0 Å². The molecule has 23 heavy (non-hydrogen) atoms. The van der Waals surface area contributed by atoms with Crippen LogP contribution in [0.1, 0.15) is 22.3 Å². The lowest BCUT2D eigenvalue weighted by Gasteiger charge is -2.08. The fraction of sp³-hybridized carbons (Fsp3) is 0.222. The van der Waals surface area contributed by atoms with Gasteiger partial charge < -0.3 is 14.2 Å². The average Bonchev–Trinajstić information content (AvgIpc) is 2.60. The summed E-state index contributed by atoms with van der Waals surface area (Å²) < 4.78 is 15.2. The van der Waals surface area contributed by atoms with E-state index in [9.17, 15) is 9.59 Å². The number of esters is 2. The van der Waals surface area contributed by atoms with Crippen molar-refractivity contribution in [3.63, 3.8) is 0 Å². The Morgan fingerprint density at radius 3 is 2.52 bits per heavy atom. The monoisotopic (exact) mass is 314 g/mol. The zero-order chi connectivity index (χ0) is 16.5. The molecule has 0 aliphatic rings. The molecule has 0 aromatic heterocycles. The van der Waals surface area contributed by atoms with E-state index in [1.165, 1.54) is 7.11 Å². The molecule has 2 rings (SSSR count). The van der Waals surface area contributed by atoms with Crippen molar-refractivity contribution in [2.75, 3.05) is 13.7 Å². The third-order valence-electron chi connectivity index (χ3n) is 3.07. The van der Waals surface area contributed by atoms with E-state index < -0.39 is 5.97 Å². The Balaban J connectivity index is 1.74. The summed E-state index contributed by atoms with van der Waals surface area (Å²) >= 11 is 0. The normalized spacial score (nSPS) is 9.96. The molecule has 0 radical (unpaired) electrons. The largest absolute Gasteiger partial charge is 0.493 e. The molecule has 0 N–H and O–H groups in total. The van der Waals surface area contributed by atoms with Crippen molar-refractivity contribution in [3.8, 4) is 5.75 Å². The van der Waals surface area contributed by atoms with Crippen LogP contribution >= 0.6 is 0 Å². The zero-order valence-corrected chi connectivity index (χ0v) is 12.9. The van der Waals surface area contributed by atoms with Crippen molar-refractivity contribution in [2.45, 2.75) is 13.0 Å². The lowest BCUT2D eigenvalue weighted by atomic mass is 10.2. The molecule has 0 heterocycles. The molecule has 5 nitrogen and oxygen atoms in total. The highest BCUT2D eigenvalue weighted by atomic mass is 16.5. The van der Waals surface area contributed by atoms with E-state index in [0.717, 1.165) is 5.56 Å². The second kappa shape index (κ2) is 8.58. The van der Waals surface area contributed by atoms with Gasteiger partial charge in [0.2, 0.25) is 0 Å². The maximum atomic E-state index is 11.7. The van der Waals surface area contributed by atoms with E-state index in [4.69, 9.17) is 9.47 Å². The third kappa shape index (κ3) is 5.47. The fourth-order valence-electron chi connectivity index (χ4n) is 1.89. The topological polar surface area (TPSA) is 61.8 Å². The molecular weight excluding hydrogens is 296 g/mol. The first-order valence-corrected chi connectivity index (χ1v) is 7.20. The molecular formula is C18H18O5. The van der Waals surface area contributed by atoms with Crippen LogP contribution in [0.25, 0.3) is 0 Å². The number of hydrogen-bond acceptors (Lipinski definition) is 5. The Morgan fingerprint density at radius 1 is 1.00 bits per heavy atom. The van der Waals surface area contributed by atoms with Crippen LogP contribution in [-0.4, -0.2) is 25.7 Å². The standard InChI is InChI=1S/C18H18O5/c1-21-18(20)15-8-5-9-16(12-15)22-11-10-17(19)23-13-14-6-3-2-4-7-14/h2-9,12H,10-11,13H2,1H3. The van der Waals surface area contributed by atoms with E-state index in [-0.39, 0.29) is 25.6 Å². The maximum Gasteiger partial charge on any atom is 0.337 e. The highest BCUT2D eigenvalue weighted by molar-refractivity contribution is 5.89. The van der Waals surface area contributed by atoms with E-state index in [1.807, 2.05) is 30.3 Å². The van der Waals surface area contributed by atoms with Gasteiger partial charge in [0.25, 0.3) is 0 Å². The van der Waals surface area contributed by atoms with Crippen LogP contribution in [0.15, 0.2) is 54.6 Å². The van der Waals surface area contributed by atoms with Crippen LogP contribution in [0.2, 0.25) is 0 Å². The lowest BCUT2D eigenvalue weighted by molar-refractivity contribution is -0.145. The minimum atomic E-state index is -0.433. The van der Waals surface area contributed by atoms with Gasteiger partial charge in [0.1, 0.15) is 12.4 Å². The van der Waals surface area contributed by atoms with Gasteiger partial charge >= 0.3 is 11.9 Å². The van der Waals surface area contributed by atoms with Crippen molar-refractivity contribution in [2.24, 2.45) is 0 Å². The van der Waals surface area contributed by atoms with E-state index >= 15 is 0 Å². The van der Waals surface area contributed by atoms with Gasteiger partial charge in [-0.25, -0.2) is 4.79 Å². The van der Waals surface area contributed by atoms with E-state index in [2.05, 4.69) is 4.74 Å². The fourth-order valence-corrected chi connectivity index (χ4v) is 1.89. The highest BCUT2D eigenvalue weighted by Gasteiger charge is 2.07. The second-order valence-electron chi connectivity index (χ2n) is 4.76. The number of hydrogen-bond donors (Lipinski definition) is 0. The molecule has 120 valence electrons. The number of ether oxygens (including phenoxy) is 3. The third-order valence-corrected chi connectivity index (χ3v) is 3.07. The van der Waals surface area contributed by atoms with Crippen LogP contribution in [0.5, 0.6) is 5.75 Å². The van der Waals surface area contributed by atoms with Gasteiger partial charge in [-0.3, -0.25) is 4.79 Å². The first-order valence-electron chi connectivity index (χ1n) is 7.20. The SMILES string of the molecule is COC(=O)c1cccc(OCCC(=O)OCc2ccccc2)c1. The molecule has 0 spiro atoms. The molecule has 0 amide bonds. The number of rotatable bonds is 7. The number of carbonyl (C=O) groups is 2. The van der Waals surface area contributed by atoms with Gasteiger partial charge in [0.15, 0.2) is 0 Å². The molecule has 2 aromatic rings. The summed E-state index contributed by atoms with van der Waals surface area (Å²) in [5.41, 5.74) is 1.34. The van der Waals surface area contributed by atoms with Crippen LogP contribution in [0.4, 0.5) is 0 Å². The van der Waals surface area contributed by atoms with Gasteiger partial charge in [0.05, 0.1) is 25.7 Å². The van der Waals surface area contributed by atoms with Crippen molar-refractivity contribution in [3.05, 3.63) is 65.7 Å². The molecule has 0 saturated heterocycles. The molecule has 0 aliphatic carbocycles. The molecule has 0 fully saturated rings. The summed E-state index contributed by atoms with van der Waals surface area (Å²) in [4.78, 5) is 23.1. The van der Waals surface area contributed by atoms with E-state index in [1.54, 1.807) is 24.3 Å². The summed E-state index contributed by atoms with van der Waals surface area (Å²) in [6.07, 6.45) is 0.134. The summed E-state index contributed by atoms with van der Waals surface area (Å²) in [5, 5.41) is 0. The Hall–Kier alpha value is -2.82. The van der Waals surface area contributed by atoms with Crippen molar-refractivity contribution < 1.29 is 23.8 Å². The van der Waals surface area contributed by atoms with Crippen molar-refractivity contribution >= 4 is 11.9 Å². The van der Waals surface area contributed by atoms with Gasteiger partial charge in [-0.2, -0.15) is 0 Å². The number of benzene rings is 2. The molecule has 5 heteroatoms. The first-order chi connectivity index (χ1) is 11.2. The first kappa shape index (κ1) is 16.5. The van der Waals surface area contributed by atoms with Crippen molar-refractivity contribution in [1.29, 1.82) is 0 Å². The van der Waals surface area contributed by atoms with Gasteiger partial charge in [0, 0.05) is 0 Å². The average molecular weight is 314 g/mol. The molecule has 0 unspecified atom stereocenters. The predicted octanol–water partition coefficient (Wildman–Crippen LogP) is 2.99. The summed E-state index contributed by atoms with van der Waals surface area (Å²) in [7, 11) is 1.32. The molecule has 0 bridgehead atoms. The summed E-state index contributed by atoms with van der Waals surface area (Å²) in [6.45, 7) is 0.426. The lowest BCUT2D eigenvalue weighted by Crippen LogP contribution is -2.10. The van der Waals surface area contributed by atoms with Crippen molar-refractivity contribution in [1.82, 2.24) is 0 Å². The number of methoxy groups -OCH3 is 1. The number of carbonyl (C=O) groups excluding carboxylic acids is 2.